The van der Waals surface area contributed by atoms with Gasteiger partial charge in [0.05, 0.1) is 18.8 Å². The average Bonchev–Trinajstić information content (AvgIpc) is 2.82. The molecule has 0 bridgehead atoms. The molecule has 0 saturated carbocycles. The number of aliphatic hydroxyl groups excluding tert-OH is 2. The first-order chi connectivity index (χ1) is 10.5. The number of aliphatic hydroxyl groups is 2. The van der Waals surface area contributed by atoms with Crippen LogP contribution in [0.1, 0.15) is 19.4 Å². The Bertz CT molecular complexity index is 441. The minimum Gasteiger partial charge on any atom is -0.394 e. The molecule has 5 nitrogen and oxygen atoms in total. The van der Waals surface area contributed by atoms with Gasteiger partial charge < -0.3 is 20.3 Å². The molecule has 0 spiro atoms. The standard InChI is InChI=1S/C17H28N2O3/c1-12(2)18-9-14-16(17(21)15(11-20)22-14)19(3)10-13-7-5-4-6-8-13/h4-8,12,14-18,20-21H,9-11H2,1-3H3. The largest absolute Gasteiger partial charge is 0.394 e. The molecule has 0 amide bonds. The number of rotatable bonds is 7. The second kappa shape index (κ2) is 8.04. The van der Waals surface area contributed by atoms with Crippen molar-refractivity contribution < 1.29 is 14.9 Å². The summed E-state index contributed by atoms with van der Waals surface area (Å²) in [7, 11) is 1.99. The molecular formula is C17H28N2O3. The Labute approximate surface area is 132 Å². The Hall–Kier alpha value is -0.980. The van der Waals surface area contributed by atoms with Crippen LogP contribution >= 0.6 is 0 Å². The van der Waals surface area contributed by atoms with Gasteiger partial charge in [-0.1, -0.05) is 44.2 Å². The zero-order valence-electron chi connectivity index (χ0n) is 13.6. The average molecular weight is 308 g/mol. The number of hydrogen-bond acceptors (Lipinski definition) is 5. The van der Waals surface area contributed by atoms with E-state index in [1.165, 1.54) is 5.56 Å². The van der Waals surface area contributed by atoms with Gasteiger partial charge in [-0.25, -0.2) is 0 Å². The van der Waals surface area contributed by atoms with Crippen molar-refractivity contribution in [2.24, 2.45) is 0 Å². The van der Waals surface area contributed by atoms with Crippen LogP contribution in [-0.2, 0) is 11.3 Å². The van der Waals surface area contributed by atoms with Gasteiger partial charge in [0.15, 0.2) is 0 Å². The van der Waals surface area contributed by atoms with Gasteiger partial charge in [0, 0.05) is 19.1 Å². The minimum atomic E-state index is -0.683. The highest BCUT2D eigenvalue weighted by Gasteiger charge is 2.45. The number of nitrogens with one attached hydrogen (secondary N) is 1. The van der Waals surface area contributed by atoms with E-state index < -0.39 is 12.2 Å². The quantitative estimate of drug-likeness (QED) is 0.689. The van der Waals surface area contributed by atoms with Crippen molar-refractivity contribution in [2.75, 3.05) is 20.2 Å². The van der Waals surface area contributed by atoms with E-state index in [4.69, 9.17) is 4.74 Å². The first-order valence-corrected chi connectivity index (χ1v) is 7.95. The molecule has 1 aliphatic rings. The summed E-state index contributed by atoms with van der Waals surface area (Å²) < 4.78 is 5.84. The van der Waals surface area contributed by atoms with E-state index in [1.54, 1.807) is 0 Å². The Morgan fingerprint density at radius 1 is 1.23 bits per heavy atom. The molecule has 124 valence electrons. The van der Waals surface area contributed by atoms with Crippen LogP contribution < -0.4 is 5.32 Å². The zero-order valence-corrected chi connectivity index (χ0v) is 13.6. The van der Waals surface area contributed by atoms with Crippen molar-refractivity contribution in [3.8, 4) is 0 Å². The molecule has 1 fully saturated rings. The lowest BCUT2D eigenvalue weighted by atomic mass is 10.0. The van der Waals surface area contributed by atoms with E-state index in [0.717, 1.165) is 6.54 Å². The highest BCUT2D eigenvalue weighted by molar-refractivity contribution is 5.15. The predicted octanol–water partition coefficient (Wildman–Crippen LogP) is 0.606. The maximum atomic E-state index is 10.5. The Morgan fingerprint density at radius 3 is 2.50 bits per heavy atom. The maximum absolute atomic E-state index is 10.5. The Kier molecular flexibility index (Phi) is 6.35. The molecule has 0 aliphatic carbocycles. The second-order valence-corrected chi connectivity index (χ2v) is 6.34. The molecule has 5 heteroatoms. The molecule has 2 rings (SSSR count). The molecule has 1 aromatic rings. The molecule has 0 radical (unpaired) electrons. The van der Waals surface area contributed by atoms with Gasteiger partial charge in [0.1, 0.15) is 12.2 Å². The fourth-order valence-corrected chi connectivity index (χ4v) is 3.02. The van der Waals surface area contributed by atoms with Crippen molar-refractivity contribution in [3.63, 3.8) is 0 Å². The lowest BCUT2D eigenvalue weighted by Gasteiger charge is -2.31. The van der Waals surface area contributed by atoms with Crippen LogP contribution in [0.3, 0.4) is 0 Å². The number of ether oxygens (including phenoxy) is 1. The minimum absolute atomic E-state index is 0.136. The van der Waals surface area contributed by atoms with Crippen molar-refractivity contribution in [3.05, 3.63) is 35.9 Å². The molecule has 22 heavy (non-hydrogen) atoms. The zero-order chi connectivity index (χ0) is 16.1. The fraction of sp³-hybridized carbons (Fsp3) is 0.647. The van der Waals surface area contributed by atoms with Crippen molar-refractivity contribution in [1.29, 1.82) is 0 Å². The van der Waals surface area contributed by atoms with E-state index >= 15 is 0 Å². The first kappa shape index (κ1) is 17.4. The highest BCUT2D eigenvalue weighted by Crippen LogP contribution is 2.26. The summed E-state index contributed by atoms with van der Waals surface area (Å²) in [5.41, 5.74) is 1.19. The first-order valence-electron chi connectivity index (χ1n) is 7.95. The van der Waals surface area contributed by atoms with Crippen molar-refractivity contribution in [2.45, 2.75) is 50.8 Å². The third-order valence-electron chi connectivity index (χ3n) is 4.15. The molecule has 4 unspecified atom stereocenters. The summed E-state index contributed by atoms with van der Waals surface area (Å²) in [4.78, 5) is 2.11. The molecule has 1 aliphatic heterocycles. The van der Waals surface area contributed by atoms with Crippen LogP contribution in [0.15, 0.2) is 30.3 Å². The molecule has 1 heterocycles. The summed E-state index contributed by atoms with van der Waals surface area (Å²) in [6, 6.07) is 10.4. The number of benzene rings is 1. The topological polar surface area (TPSA) is 65.0 Å². The van der Waals surface area contributed by atoms with Crippen LogP contribution in [0.4, 0.5) is 0 Å². The van der Waals surface area contributed by atoms with Crippen LogP contribution in [0, 0.1) is 0 Å². The van der Waals surface area contributed by atoms with Crippen LogP contribution in [0.2, 0.25) is 0 Å². The molecule has 0 aromatic heterocycles. The number of hydrogen-bond donors (Lipinski definition) is 3. The normalized spacial score (nSPS) is 28.7. The van der Waals surface area contributed by atoms with Crippen molar-refractivity contribution >= 4 is 0 Å². The summed E-state index contributed by atoms with van der Waals surface area (Å²) in [5.74, 6) is 0. The van der Waals surface area contributed by atoms with E-state index in [2.05, 4.69) is 36.2 Å². The lowest BCUT2D eigenvalue weighted by molar-refractivity contribution is -0.0216. The summed E-state index contributed by atoms with van der Waals surface area (Å²) >= 11 is 0. The molecule has 1 saturated heterocycles. The third kappa shape index (κ3) is 4.27. The van der Waals surface area contributed by atoms with E-state index in [-0.39, 0.29) is 18.8 Å². The summed E-state index contributed by atoms with van der Waals surface area (Å²) in [5, 5.41) is 23.2. The second-order valence-electron chi connectivity index (χ2n) is 6.34. The molecule has 1 aromatic carbocycles. The van der Waals surface area contributed by atoms with Crippen LogP contribution in [0.25, 0.3) is 0 Å². The summed E-state index contributed by atoms with van der Waals surface area (Å²) in [6.45, 7) is 5.40. The van der Waals surface area contributed by atoms with Gasteiger partial charge in [0.25, 0.3) is 0 Å². The molecule has 4 atom stereocenters. The van der Waals surface area contributed by atoms with Gasteiger partial charge in [-0.3, -0.25) is 4.90 Å². The lowest BCUT2D eigenvalue weighted by Crippen LogP contribution is -2.49. The van der Waals surface area contributed by atoms with Gasteiger partial charge in [0.2, 0.25) is 0 Å². The monoisotopic (exact) mass is 308 g/mol. The van der Waals surface area contributed by atoms with Crippen LogP contribution in [-0.4, -0.2) is 65.7 Å². The molecule has 3 N–H and O–H groups in total. The maximum Gasteiger partial charge on any atom is 0.109 e. The SMILES string of the molecule is CC(C)NCC1OC(CO)C(O)C1N(C)Cc1ccccc1. The van der Waals surface area contributed by atoms with Gasteiger partial charge in [-0.2, -0.15) is 0 Å². The van der Waals surface area contributed by atoms with E-state index in [9.17, 15) is 10.2 Å². The number of likely N-dealkylation sites (N-methyl/N-ethyl adjacent to an activating group) is 1. The van der Waals surface area contributed by atoms with Crippen molar-refractivity contribution in [1.82, 2.24) is 10.2 Å². The smallest absolute Gasteiger partial charge is 0.109 e. The number of nitrogens with zero attached hydrogens (tertiary/aromatic N) is 1. The Morgan fingerprint density at radius 2 is 1.91 bits per heavy atom. The Balaban J connectivity index is 2.05. The summed E-state index contributed by atoms with van der Waals surface area (Å²) in [6.07, 6.45) is -1.33. The van der Waals surface area contributed by atoms with Gasteiger partial charge >= 0.3 is 0 Å². The van der Waals surface area contributed by atoms with E-state index in [1.807, 2.05) is 25.2 Å². The van der Waals surface area contributed by atoms with Crippen LogP contribution in [0.5, 0.6) is 0 Å². The fourth-order valence-electron chi connectivity index (χ4n) is 3.02. The van der Waals surface area contributed by atoms with Gasteiger partial charge in [-0.05, 0) is 12.6 Å². The predicted molar refractivity (Wildman–Crippen MR) is 86.6 cm³/mol. The van der Waals surface area contributed by atoms with Gasteiger partial charge in [-0.15, -0.1) is 0 Å². The highest BCUT2D eigenvalue weighted by atomic mass is 16.5. The molecular weight excluding hydrogens is 280 g/mol. The third-order valence-corrected chi connectivity index (χ3v) is 4.15. The van der Waals surface area contributed by atoms with E-state index in [0.29, 0.717) is 12.6 Å².